The van der Waals surface area contributed by atoms with E-state index < -0.39 is 6.10 Å². The molecule has 1 heterocycles. The van der Waals surface area contributed by atoms with E-state index in [1.54, 1.807) is 18.2 Å². The summed E-state index contributed by atoms with van der Waals surface area (Å²) in [5.74, 6) is 0.542. The molecule has 0 aliphatic carbocycles. The number of nitriles is 1. The first-order valence-corrected chi connectivity index (χ1v) is 6.32. The maximum atomic E-state index is 9.88. The van der Waals surface area contributed by atoms with Crippen LogP contribution < -0.4 is 4.74 Å². The number of hydrogen-bond acceptors (Lipinski definition) is 4. The number of aliphatic hydroxyl groups is 1. The summed E-state index contributed by atoms with van der Waals surface area (Å²) in [6.45, 7) is 3.00. The number of nitrogens with zero attached hydrogens (tertiary/aromatic N) is 2. The van der Waals surface area contributed by atoms with E-state index in [0.717, 1.165) is 13.1 Å². The highest BCUT2D eigenvalue weighted by Crippen LogP contribution is 2.17. The minimum absolute atomic E-state index is 0.231. The number of rotatable bonds is 5. The molecule has 1 aromatic rings. The van der Waals surface area contributed by atoms with Crippen molar-refractivity contribution in [1.29, 1.82) is 5.26 Å². The molecule has 1 N–H and O–H groups in total. The Kier molecular flexibility index (Phi) is 4.57. The van der Waals surface area contributed by atoms with Gasteiger partial charge in [-0.1, -0.05) is 12.1 Å². The summed E-state index contributed by atoms with van der Waals surface area (Å²) in [6, 6.07) is 9.16. The lowest BCUT2D eigenvalue weighted by atomic mass is 10.2. The van der Waals surface area contributed by atoms with Gasteiger partial charge in [0.1, 0.15) is 24.5 Å². The molecule has 1 atom stereocenters. The molecule has 0 amide bonds. The lowest BCUT2D eigenvalue weighted by Gasteiger charge is -2.19. The molecule has 1 unspecified atom stereocenters. The van der Waals surface area contributed by atoms with Crippen LogP contribution in [0.4, 0.5) is 0 Å². The molecule has 1 aliphatic heterocycles. The third kappa shape index (κ3) is 3.46. The van der Waals surface area contributed by atoms with Crippen LogP contribution in [0.3, 0.4) is 0 Å². The van der Waals surface area contributed by atoms with Crippen LogP contribution in [-0.2, 0) is 0 Å². The van der Waals surface area contributed by atoms with Crippen molar-refractivity contribution < 1.29 is 9.84 Å². The largest absolute Gasteiger partial charge is 0.489 e. The van der Waals surface area contributed by atoms with Crippen LogP contribution in [0.25, 0.3) is 0 Å². The molecule has 1 saturated heterocycles. The SMILES string of the molecule is N#Cc1ccccc1OCC(O)CN1CCCC1. The molecule has 0 saturated carbocycles. The molecule has 0 aromatic heterocycles. The highest BCUT2D eigenvalue weighted by molar-refractivity contribution is 5.42. The predicted molar refractivity (Wildman–Crippen MR) is 68.3 cm³/mol. The molecule has 0 bridgehead atoms. The zero-order valence-corrected chi connectivity index (χ0v) is 10.4. The van der Waals surface area contributed by atoms with Crippen molar-refractivity contribution in [2.24, 2.45) is 0 Å². The van der Waals surface area contributed by atoms with Gasteiger partial charge in [0.15, 0.2) is 0 Å². The van der Waals surface area contributed by atoms with Gasteiger partial charge in [-0.3, -0.25) is 0 Å². The van der Waals surface area contributed by atoms with E-state index in [4.69, 9.17) is 10.00 Å². The summed E-state index contributed by atoms with van der Waals surface area (Å²) in [5, 5.41) is 18.8. The van der Waals surface area contributed by atoms with Crippen molar-refractivity contribution in [3.05, 3.63) is 29.8 Å². The second-order valence-corrected chi connectivity index (χ2v) is 4.58. The highest BCUT2D eigenvalue weighted by atomic mass is 16.5. The van der Waals surface area contributed by atoms with Crippen molar-refractivity contribution in [2.45, 2.75) is 18.9 Å². The summed E-state index contributed by atoms with van der Waals surface area (Å²) in [4.78, 5) is 2.24. The van der Waals surface area contributed by atoms with Crippen LogP contribution in [0, 0.1) is 11.3 Å². The molecule has 1 aliphatic rings. The van der Waals surface area contributed by atoms with Gasteiger partial charge in [-0.25, -0.2) is 0 Å². The average molecular weight is 246 g/mol. The van der Waals surface area contributed by atoms with Gasteiger partial charge in [0.05, 0.1) is 5.56 Å². The van der Waals surface area contributed by atoms with Crippen molar-refractivity contribution in [2.75, 3.05) is 26.2 Å². The Bertz CT molecular complexity index is 422. The molecule has 18 heavy (non-hydrogen) atoms. The Morgan fingerprint density at radius 1 is 1.33 bits per heavy atom. The second kappa shape index (κ2) is 6.39. The second-order valence-electron chi connectivity index (χ2n) is 4.58. The highest BCUT2D eigenvalue weighted by Gasteiger charge is 2.16. The van der Waals surface area contributed by atoms with Crippen molar-refractivity contribution in [1.82, 2.24) is 4.90 Å². The van der Waals surface area contributed by atoms with Gasteiger partial charge in [-0.05, 0) is 38.1 Å². The Balaban J connectivity index is 1.81. The third-order valence-corrected chi connectivity index (χ3v) is 3.11. The summed E-state index contributed by atoms with van der Waals surface area (Å²) >= 11 is 0. The first-order chi connectivity index (χ1) is 8.79. The van der Waals surface area contributed by atoms with E-state index in [1.807, 2.05) is 6.07 Å². The third-order valence-electron chi connectivity index (χ3n) is 3.11. The molecular formula is C14H18N2O2. The van der Waals surface area contributed by atoms with Crippen LogP contribution in [0.1, 0.15) is 18.4 Å². The number of aliphatic hydroxyl groups excluding tert-OH is 1. The number of ether oxygens (including phenoxy) is 1. The fourth-order valence-electron chi connectivity index (χ4n) is 2.19. The van der Waals surface area contributed by atoms with Crippen LogP contribution >= 0.6 is 0 Å². The molecule has 4 heteroatoms. The molecular weight excluding hydrogens is 228 g/mol. The lowest BCUT2D eigenvalue weighted by Crippen LogP contribution is -2.33. The van der Waals surface area contributed by atoms with Crippen molar-refractivity contribution in [3.63, 3.8) is 0 Å². The molecule has 96 valence electrons. The first-order valence-electron chi connectivity index (χ1n) is 6.32. The maximum Gasteiger partial charge on any atom is 0.137 e. The minimum Gasteiger partial charge on any atom is -0.489 e. The number of benzene rings is 1. The standard InChI is InChI=1S/C14H18N2O2/c15-9-12-5-1-2-6-14(12)18-11-13(17)10-16-7-3-4-8-16/h1-2,5-6,13,17H,3-4,7-8,10-11H2. The van der Waals surface area contributed by atoms with Gasteiger partial charge < -0.3 is 14.7 Å². The van der Waals surface area contributed by atoms with Crippen molar-refractivity contribution in [3.8, 4) is 11.8 Å². The fraction of sp³-hybridized carbons (Fsp3) is 0.500. The van der Waals surface area contributed by atoms with Crippen LogP contribution in [0.5, 0.6) is 5.75 Å². The number of likely N-dealkylation sites (tertiary alicyclic amines) is 1. The van der Waals surface area contributed by atoms with E-state index in [9.17, 15) is 5.11 Å². The zero-order chi connectivity index (χ0) is 12.8. The maximum absolute atomic E-state index is 9.88. The van der Waals surface area contributed by atoms with Gasteiger partial charge in [-0.2, -0.15) is 5.26 Å². The van der Waals surface area contributed by atoms with E-state index in [1.165, 1.54) is 12.8 Å². The van der Waals surface area contributed by atoms with Gasteiger partial charge in [-0.15, -0.1) is 0 Å². The van der Waals surface area contributed by atoms with Gasteiger partial charge in [0, 0.05) is 6.54 Å². The van der Waals surface area contributed by atoms with E-state index >= 15 is 0 Å². The smallest absolute Gasteiger partial charge is 0.137 e. The van der Waals surface area contributed by atoms with Gasteiger partial charge in [0.25, 0.3) is 0 Å². The minimum atomic E-state index is -0.505. The number of para-hydroxylation sites is 1. The van der Waals surface area contributed by atoms with Gasteiger partial charge in [0.2, 0.25) is 0 Å². The van der Waals surface area contributed by atoms with Gasteiger partial charge >= 0.3 is 0 Å². The summed E-state index contributed by atoms with van der Waals surface area (Å²) < 4.78 is 5.50. The van der Waals surface area contributed by atoms with Crippen LogP contribution in [0.15, 0.2) is 24.3 Å². The predicted octanol–water partition coefficient (Wildman–Crippen LogP) is 1.39. The molecule has 4 nitrogen and oxygen atoms in total. The zero-order valence-electron chi connectivity index (χ0n) is 10.4. The van der Waals surface area contributed by atoms with E-state index in [-0.39, 0.29) is 6.61 Å². The average Bonchev–Trinajstić information content (AvgIpc) is 2.89. The van der Waals surface area contributed by atoms with Crippen LogP contribution in [0.2, 0.25) is 0 Å². The number of β-amino-alcohol motifs (C(OH)–C–C–N with tert-alkyl or cyclic N) is 1. The summed E-state index contributed by atoms with van der Waals surface area (Å²) in [7, 11) is 0. The van der Waals surface area contributed by atoms with E-state index in [0.29, 0.717) is 17.9 Å². The Morgan fingerprint density at radius 2 is 2.06 bits per heavy atom. The van der Waals surface area contributed by atoms with Crippen molar-refractivity contribution >= 4 is 0 Å². The monoisotopic (exact) mass is 246 g/mol. The Hall–Kier alpha value is -1.57. The first kappa shape index (κ1) is 12.9. The topological polar surface area (TPSA) is 56.5 Å². The summed E-state index contributed by atoms with van der Waals surface area (Å²) in [5.41, 5.74) is 0.505. The fourth-order valence-corrected chi connectivity index (χ4v) is 2.19. The van der Waals surface area contributed by atoms with E-state index in [2.05, 4.69) is 11.0 Å². The van der Waals surface area contributed by atoms with Crippen LogP contribution in [-0.4, -0.2) is 42.4 Å². The lowest BCUT2D eigenvalue weighted by molar-refractivity contribution is 0.0757. The normalized spacial score (nSPS) is 17.3. The quantitative estimate of drug-likeness (QED) is 0.853. The molecule has 0 spiro atoms. The Morgan fingerprint density at radius 3 is 2.78 bits per heavy atom. The molecule has 1 fully saturated rings. The molecule has 1 aromatic carbocycles. The molecule has 0 radical (unpaired) electrons. The number of hydrogen-bond donors (Lipinski definition) is 1. The Labute approximate surface area is 107 Å². The summed E-state index contributed by atoms with van der Waals surface area (Å²) in [6.07, 6.45) is 1.92. The molecule has 2 rings (SSSR count).